The van der Waals surface area contributed by atoms with Crippen molar-refractivity contribution in [3.63, 3.8) is 0 Å². The second-order valence-electron chi connectivity index (χ2n) is 8.99. The van der Waals surface area contributed by atoms with E-state index in [2.05, 4.69) is 15.4 Å². The van der Waals surface area contributed by atoms with Gasteiger partial charge in [0, 0.05) is 21.7 Å². The van der Waals surface area contributed by atoms with Crippen LogP contribution in [0.25, 0.3) is 33.5 Å². The number of hydrogen-bond acceptors (Lipinski definition) is 6. The summed E-state index contributed by atoms with van der Waals surface area (Å²) in [5.41, 5.74) is 1.59. The minimum absolute atomic E-state index is 0.212. The largest absolute Gasteiger partial charge is 0.483 e. The molecule has 6 rings (SSSR count). The first-order valence-corrected chi connectivity index (χ1v) is 12.9. The van der Waals surface area contributed by atoms with Crippen LogP contribution in [-0.2, 0) is 4.79 Å². The van der Waals surface area contributed by atoms with Crippen molar-refractivity contribution in [1.82, 2.24) is 9.66 Å². The van der Waals surface area contributed by atoms with Crippen LogP contribution in [0.1, 0.15) is 5.56 Å². The first-order chi connectivity index (χ1) is 19.9. The number of benzene rings is 4. The molecule has 2 aromatic heterocycles. The average molecular weight is 567 g/mol. The Kier molecular flexibility index (Phi) is 7.01. The SMILES string of the molecule is O=C(COc1ccc(Cl)cc1C=Nn1c(-c2cc3ccccc3o2)nc2ccccc2c1=O)Nc1ccc(F)cc1. The number of amides is 1. The number of halogens is 2. The molecule has 6 aromatic rings. The summed E-state index contributed by atoms with van der Waals surface area (Å²) < 4.78 is 26.0. The summed E-state index contributed by atoms with van der Waals surface area (Å²) >= 11 is 6.24. The highest BCUT2D eigenvalue weighted by molar-refractivity contribution is 6.30. The van der Waals surface area contributed by atoms with Crippen molar-refractivity contribution < 1.29 is 18.3 Å². The number of fused-ring (bicyclic) bond motifs is 2. The molecule has 0 aliphatic rings. The molecule has 0 aliphatic heterocycles. The molecule has 0 spiro atoms. The highest BCUT2D eigenvalue weighted by Crippen LogP contribution is 2.27. The Labute approximate surface area is 237 Å². The molecule has 0 radical (unpaired) electrons. The van der Waals surface area contributed by atoms with Crippen LogP contribution in [0, 0.1) is 5.82 Å². The van der Waals surface area contributed by atoms with Crippen molar-refractivity contribution in [2.24, 2.45) is 5.10 Å². The molecule has 10 heteroatoms. The van der Waals surface area contributed by atoms with Gasteiger partial charge in [-0.25, -0.2) is 9.37 Å². The van der Waals surface area contributed by atoms with Gasteiger partial charge in [-0.3, -0.25) is 9.59 Å². The average Bonchev–Trinajstić information content (AvgIpc) is 3.42. The Morgan fingerprint density at radius 3 is 2.63 bits per heavy atom. The van der Waals surface area contributed by atoms with Gasteiger partial charge in [0.15, 0.2) is 12.4 Å². The molecule has 41 heavy (non-hydrogen) atoms. The van der Waals surface area contributed by atoms with Gasteiger partial charge in [0.2, 0.25) is 5.82 Å². The maximum Gasteiger partial charge on any atom is 0.282 e. The molecule has 2 heterocycles. The third-order valence-electron chi connectivity index (χ3n) is 6.17. The summed E-state index contributed by atoms with van der Waals surface area (Å²) in [4.78, 5) is 30.7. The van der Waals surface area contributed by atoms with Crippen LogP contribution < -0.4 is 15.6 Å². The van der Waals surface area contributed by atoms with Crippen LogP contribution in [0.2, 0.25) is 5.02 Å². The lowest BCUT2D eigenvalue weighted by Crippen LogP contribution is -2.21. The number of carbonyl (C=O) groups excluding carboxylic acids is 1. The Bertz CT molecular complexity index is 1970. The van der Waals surface area contributed by atoms with Crippen LogP contribution >= 0.6 is 11.6 Å². The second kappa shape index (κ2) is 11.1. The van der Waals surface area contributed by atoms with Crippen LogP contribution in [0.4, 0.5) is 10.1 Å². The molecule has 202 valence electrons. The second-order valence-corrected chi connectivity index (χ2v) is 9.42. The molecule has 0 atom stereocenters. The molecule has 0 unspecified atom stereocenters. The quantitative estimate of drug-likeness (QED) is 0.222. The maximum atomic E-state index is 13.6. The zero-order chi connectivity index (χ0) is 28.3. The fourth-order valence-corrected chi connectivity index (χ4v) is 4.41. The van der Waals surface area contributed by atoms with Crippen molar-refractivity contribution in [2.75, 3.05) is 11.9 Å². The lowest BCUT2D eigenvalue weighted by molar-refractivity contribution is -0.118. The lowest BCUT2D eigenvalue weighted by atomic mass is 10.2. The van der Waals surface area contributed by atoms with E-state index in [1.165, 1.54) is 30.5 Å². The summed E-state index contributed by atoms with van der Waals surface area (Å²) in [6, 6.07) is 26.4. The standard InChI is InChI=1S/C31H20ClFN4O4/c32-21-9-14-26(40-18-29(38)35-23-12-10-22(33)11-13-23)20(15-21)17-34-37-30(28-16-19-5-1-4-8-27(19)41-28)36-25-7-3-2-6-24(25)31(37)39/h1-17H,18H2,(H,35,38). The molecule has 8 nitrogen and oxygen atoms in total. The topological polar surface area (TPSA) is 98.7 Å². The highest BCUT2D eigenvalue weighted by Gasteiger charge is 2.17. The van der Waals surface area contributed by atoms with E-state index in [4.69, 9.17) is 20.8 Å². The van der Waals surface area contributed by atoms with Gasteiger partial charge in [-0.1, -0.05) is 41.9 Å². The normalized spacial score (nSPS) is 11.4. The van der Waals surface area contributed by atoms with Crippen LogP contribution in [0.5, 0.6) is 5.75 Å². The number of hydrogen-bond donors (Lipinski definition) is 1. The molecule has 4 aromatic carbocycles. The first kappa shape index (κ1) is 26.0. The van der Waals surface area contributed by atoms with Gasteiger partial charge < -0.3 is 14.5 Å². The van der Waals surface area contributed by atoms with Crippen molar-refractivity contribution in [2.45, 2.75) is 0 Å². The summed E-state index contributed by atoms with van der Waals surface area (Å²) in [5.74, 6) is 0.0279. The highest BCUT2D eigenvalue weighted by atomic mass is 35.5. The predicted molar refractivity (Wildman–Crippen MR) is 156 cm³/mol. The number of carbonyl (C=O) groups is 1. The Balaban J connectivity index is 1.34. The first-order valence-electron chi connectivity index (χ1n) is 12.5. The van der Waals surface area contributed by atoms with Crippen LogP contribution in [0.3, 0.4) is 0 Å². The Morgan fingerprint density at radius 2 is 1.80 bits per heavy atom. The number of nitrogens with one attached hydrogen (secondary N) is 1. The smallest absolute Gasteiger partial charge is 0.282 e. The van der Waals surface area contributed by atoms with Crippen molar-refractivity contribution in [3.8, 4) is 17.3 Å². The van der Waals surface area contributed by atoms with E-state index >= 15 is 0 Å². The zero-order valence-electron chi connectivity index (χ0n) is 21.3. The van der Waals surface area contributed by atoms with Crippen LogP contribution in [0.15, 0.2) is 111 Å². The predicted octanol–water partition coefficient (Wildman–Crippen LogP) is 6.50. The minimum Gasteiger partial charge on any atom is -0.483 e. The number of anilines is 1. The molecule has 1 amide bonds. The van der Waals surface area contributed by atoms with Crippen molar-refractivity contribution in [1.29, 1.82) is 0 Å². The van der Waals surface area contributed by atoms with Crippen molar-refractivity contribution >= 4 is 51.3 Å². The number of aromatic nitrogens is 2. The summed E-state index contributed by atoms with van der Waals surface area (Å²) in [7, 11) is 0. The fourth-order valence-electron chi connectivity index (χ4n) is 4.23. The van der Waals surface area contributed by atoms with Gasteiger partial charge >= 0.3 is 0 Å². The van der Waals surface area contributed by atoms with E-state index in [1.807, 2.05) is 24.3 Å². The van der Waals surface area contributed by atoms with Gasteiger partial charge in [0.25, 0.3) is 11.5 Å². The number of para-hydroxylation sites is 2. The molecular formula is C31H20ClFN4O4. The molecule has 1 N–H and O–H groups in total. The number of rotatable bonds is 7. The summed E-state index contributed by atoms with van der Waals surface area (Å²) in [6.07, 6.45) is 1.41. The van der Waals surface area contributed by atoms with Crippen molar-refractivity contribution in [3.05, 3.63) is 124 Å². The number of nitrogens with zero attached hydrogens (tertiary/aromatic N) is 3. The van der Waals surface area contributed by atoms with E-state index in [0.717, 1.165) is 10.1 Å². The van der Waals surface area contributed by atoms with Gasteiger partial charge in [0.1, 0.15) is 17.1 Å². The Hall–Kier alpha value is -5.28. The molecule has 0 saturated heterocycles. The molecule has 0 bridgehead atoms. The van der Waals surface area contributed by atoms with E-state index in [9.17, 15) is 14.0 Å². The van der Waals surface area contributed by atoms with Gasteiger partial charge in [-0.2, -0.15) is 9.78 Å². The monoisotopic (exact) mass is 566 g/mol. The lowest BCUT2D eigenvalue weighted by Gasteiger charge is -2.11. The van der Waals surface area contributed by atoms with Gasteiger partial charge in [-0.05, 0) is 66.7 Å². The molecule has 0 saturated carbocycles. The van der Waals surface area contributed by atoms with Crippen LogP contribution in [-0.4, -0.2) is 28.4 Å². The number of ether oxygens (including phenoxy) is 1. The molecular weight excluding hydrogens is 547 g/mol. The summed E-state index contributed by atoms with van der Waals surface area (Å²) in [5, 5.41) is 8.72. The van der Waals surface area contributed by atoms with Gasteiger partial charge in [0.05, 0.1) is 17.1 Å². The van der Waals surface area contributed by atoms with E-state index in [0.29, 0.717) is 44.3 Å². The maximum absolute atomic E-state index is 13.6. The Morgan fingerprint density at radius 1 is 1.02 bits per heavy atom. The summed E-state index contributed by atoms with van der Waals surface area (Å²) in [6.45, 7) is -0.332. The van der Waals surface area contributed by atoms with E-state index in [1.54, 1.807) is 48.5 Å². The van der Waals surface area contributed by atoms with E-state index in [-0.39, 0.29) is 12.4 Å². The molecule has 0 aliphatic carbocycles. The molecule has 0 fully saturated rings. The number of furan rings is 1. The third-order valence-corrected chi connectivity index (χ3v) is 6.41. The zero-order valence-corrected chi connectivity index (χ0v) is 22.0. The van der Waals surface area contributed by atoms with Gasteiger partial charge in [-0.15, -0.1) is 0 Å². The van der Waals surface area contributed by atoms with E-state index < -0.39 is 17.3 Å². The minimum atomic E-state index is -0.448. The fraction of sp³-hybridized carbons (Fsp3) is 0.0323. The third kappa shape index (κ3) is 5.57.